The zero-order chi connectivity index (χ0) is 14.1. The molecule has 2 aromatic rings. The molecule has 108 valence electrons. The SMILES string of the molecule is CC(C)n1c(CN2CCCCC2)cc2cccc(O)c21. The fourth-order valence-corrected chi connectivity index (χ4v) is 3.38. The molecule has 1 fully saturated rings. The third-order valence-corrected chi connectivity index (χ3v) is 4.27. The summed E-state index contributed by atoms with van der Waals surface area (Å²) in [5, 5.41) is 11.3. The smallest absolute Gasteiger partial charge is 0.139 e. The van der Waals surface area contributed by atoms with Crippen LogP contribution in [0.5, 0.6) is 5.75 Å². The molecule has 1 aliphatic heterocycles. The number of nitrogens with zero attached hydrogens (tertiary/aromatic N) is 2. The minimum Gasteiger partial charge on any atom is -0.506 e. The summed E-state index contributed by atoms with van der Waals surface area (Å²) in [5.41, 5.74) is 2.30. The van der Waals surface area contributed by atoms with E-state index < -0.39 is 0 Å². The number of likely N-dealkylation sites (tertiary alicyclic amines) is 1. The van der Waals surface area contributed by atoms with Gasteiger partial charge in [0.15, 0.2) is 0 Å². The quantitative estimate of drug-likeness (QED) is 0.917. The minimum atomic E-state index is 0.362. The van der Waals surface area contributed by atoms with Crippen molar-refractivity contribution in [1.29, 1.82) is 0 Å². The number of aromatic nitrogens is 1. The first-order valence-corrected chi connectivity index (χ1v) is 7.71. The first-order valence-electron chi connectivity index (χ1n) is 7.71. The highest BCUT2D eigenvalue weighted by Gasteiger charge is 2.17. The Hall–Kier alpha value is -1.48. The van der Waals surface area contributed by atoms with Crippen molar-refractivity contribution in [1.82, 2.24) is 9.47 Å². The Kier molecular flexibility index (Phi) is 3.70. The molecule has 20 heavy (non-hydrogen) atoms. The molecule has 1 saturated heterocycles. The van der Waals surface area contributed by atoms with Crippen molar-refractivity contribution in [2.75, 3.05) is 13.1 Å². The zero-order valence-corrected chi connectivity index (χ0v) is 12.5. The molecule has 0 amide bonds. The molecule has 2 heterocycles. The number of phenolic OH excluding ortho intramolecular Hbond substituents is 1. The van der Waals surface area contributed by atoms with Gasteiger partial charge in [-0.1, -0.05) is 18.6 Å². The molecule has 0 atom stereocenters. The third-order valence-electron chi connectivity index (χ3n) is 4.27. The number of fused-ring (bicyclic) bond motifs is 1. The van der Waals surface area contributed by atoms with Gasteiger partial charge in [-0.25, -0.2) is 0 Å². The molecular formula is C17H24N2O. The van der Waals surface area contributed by atoms with Crippen molar-refractivity contribution in [3.05, 3.63) is 30.0 Å². The predicted octanol–water partition coefficient (Wildman–Crippen LogP) is 3.91. The molecule has 3 rings (SSSR count). The molecule has 1 aromatic carbocycles. The van der Waals surface area contributed by atoms with Crippen LogP contribution in [0.2, 0.25) is 0 Å². The van der Waals surface area contributed by atoms with Gasteiger partial charge in [-0.05, 0) is 51.9 Å². The highest BCUT2D eigenvalue weighted by Crippen LogP contribution is 2.31. The van der Waals surface area contributed by atoms with E-state index in [9.17, 15) is 5.11 Å². The lowest BCUT2D eigenvalue weighted by atomic mass is 10.1. The summed E-state index contributed by atoms with van der Waals surface area (Å²) in [5.74, 6) is 0.390. The second kappa shape index (κ2) is 5.49. The van der Waals surface area contributed by atoms with Gasteiger partial charge in [-0.3, -0.25) is 4.90 Å². The lowest BCUT2D eigenvalue weighted by Gasteiger charge is -2.27. The van der Waals surface area contributed by atoms with Crippen molar-refractivity contribution < 1.29 is 5.11 Å². The fourth-order valence-electron chi connectivity index (χ4n) is 3.38. The van der Waals surface area contributed by atoms with E-state index in [1.807, 2.05) is 6.07 Å². The van der Waals surface area contributed by atoms with Gasteiger partial charge in [0.05, 0.1) is 5.52 Å². The van der Waals surface area contributed by atoms with E-state index in [0.29, 0.717) is 11.8 Å². The van der Waals surface area contributed by atoms with E-state index in [-0.39, 0.29) is 0 Å². The summed E-state index contributed by atoms with van der Waals surface area (Å²) in [6.07, 6.45) is 3.99. The van der Waals surface area contributed by atoms with Crippen LogP contribution in [-0.2, 0) is 6.54 Å². The molecule has 0 radical (unpaired) electrons. The first kappa shape index (κ1) is 13.5. The van der Waals surface area contributed by atoms with Gasteiger partial charge in [0.2, 0.25) is 0 Å². The van der Waals surface area contributed by atoms with Gasteiger partial charge in [0.25, 0.3) is 0 Å². The fraction of sp³-hybridized carbons (Fsp3) is 0.529. The standard InChI is InChI=1S/C17H24N2O/c1-13(2)19-15(12-18-9-4-3-5-10-18)11-14-7-6-8-16(20)17(14)19/h6-8,11,13,20H,3-5,9-10,12H2,1-2H3. The minimum absolute atomic E-state index is 0.362. The molecule has 1 N–H and O–H groups in total. The monoisotopic (exact) mass is 272 g/mol. The predicted molar refractivity (Wildman–Crippen MR) is 83.1 cm³/mol. The van der Waals surface area contributed by atoms with Crippen molar-refractivity contribution in [3.8, 4) is 5.75 Å². The number of para-hydroxylation sites is 1. The number of rotatable bonds is 3. The number of hydrogen-bond acceptors (Lipinski definition) is 2. The number of phenols is 1. The lowest BCUT2D eigenvalue weighted by molar-refractivity contribution is 0.215. The van der Waals surface area contributed by atoms with Crippen molar-refractivity contribution in [2.45, 2.75) is 45.7 Å². The van der Waals surface area contributed by atoms with Crippen molar-refractivity contribution in [3.63, 3.8) is 0 Å². The summed E-state index contributed by atoms with van der Waals surface area (Å²) < 4.78 is 2.29. The van der Waals surface area contributed by atoms with Crippen molar-refractivity contribution in [2.24, 2.45) is 0 Å². The lowest BCUT2D eigenvalue weighted by Crippen LogP contribution is -2.30. The highest BCUT2D eigenvalue weighted by molar-refractivity contribution is 5.86. The molecule has 0 spiro atoms. The number of aromatic hydroxyl groups is 1. The zero-order valence-electron chi connectivity index (χ0n) is 12.5. The van der Waals surface area contributed by atoms with E-state index in [2.05, 4.69) is 35.4 Å². The van der Waals surface area contributed by atoms with E-state index >= 15 is 0 Å². The molecule has 0 saturated carbocycles. The van der Waals surface area contributed by atoms with E-state index in [1.165, 1.54) is 38.0 Å². The Morgan fingerprint density at radius 3 is 2.60 bits per heavy atom. The van der Waals surface area contributed by atoms with Gasteiger partial charge >= 0.3 is 0 Å². The molecule has 3 heteroatoms. The van der Waals surface area contributed by atoms with Crippen LogP contribution in [0.1, 0.15) is 44.8 Å². The Morgan fingerprint density at radius 1 is 1.15 bits per heavy atom. The number of piperidine rings is 1. The first-order chi connectivity index (χ1) is 9.66. The third kappa shape index (κ3) is 2.42. The number of benzene rings is 1. The van der Waals surface area contributed by atoms with Crippen LogP contribution in [0.15, 0.2) is 24.3 Å². The number of hydrogen-bond donors (Lipinski definition) is 1. The maximum absolute atomic E-state index is 10.2. The van der Waals surface area contributed by atoms with Crippen LogP contribution in [-0.4, -0.2) is 27.7 Å². The Balaban J connectivity index is 2.01. The maximum atomic E-state index is 10.2. The van der Waals surface area contributed by atoms with Crippen LogP contribution in [0.25, 0.3) is 10.9 Å². The van der Waals surface area contributed by atoms with E-state index in [0.717, 1.165) is 17.4 Å². The Bertz CT molecular complexity index is 594. The molecule has 1 aliphatic rings. The van der Waals surface area contributed by atoms with Gasteiger partial charge in [-0.2, -0.15) is 0 Å². The van der Waals surface area contributed by atoms with Crippen LogP contribution in [0, 0.1) is 0 Å². The molecule has 0 aliphatic carbocycles. The van der Waals surface area contributed by atoms with Gasteiger partial charge in [0, 0.05) is 23.7 Å². The van der Waals surface area contributed by atoms with Gasteiger partial charge in [-0.15, -0.1) is 0 Å². The van der Waals surface area contributed by atoms with E-state index in [4.69, 9.17) is 0 Å². The molecule has 3 nitrogen and oxygen atoms in total. The van der Waals surface area contributed by atoms with E-state index in [1.54, 1.807) is 6.07 Å². The molecule has 0 bridgehead atoms. The molecule has 1 aromatic heterocycles. The Labute approximate surface area is 120 Å². The van der Waals surface area contributed by atoms with Crippen LogP contribution < -0.4 is 0 Å². The highest BCUT2D eigenvalue weighted by atomic mass is 16.3. The summed E-state index contributed by atoms with van der Waals surface area (Å²) >= 11 is 0. The topological polar surface area (TPSA) is 28.4 Å². The average Bonchev–Trinajstić information content (AvgIpc) is 2.79. The summed E-state index contributed by atoms with van der Waals surface area (Å²) in [4.78, 5) is 2.54. The largest absolute Gasteiger partial charge is 0.506 e. The second-order valence-electron chi connectivity index (χ2n) is 6.15. The van der Waals surface area contributed by atoms with Crippen LogP contribution >= 0.6 is 0 Å². The normalized spacial score (nSPS) is 17.1. The second-order valence-corrected chi connectivity index (χ2v) is 6.15. The maximum Gasteiger partial charge on any atom is 0.139 e. The summed E-state index contributed by atoms with van der Waals surface area (Å²) in [6, 6.07) is 8.40. The molecule has 0 unspecified atom stereocenters. The van der Waals surface area contributed by atoms with Gasteiger partial charge in [0.1, 0.15) is 5.75 Å². The summed E-state index contributed by atoms with van der Waals surface area (Å²) in [6.45, 7) is 7.76. The Morgan fingerprint density at radius 2 is 1.90 bits per heavy atom. The average molecular weight is 272 g/mol. The summed E-state index contributed by atoms with van der Waals surface area (Å²) in [7, 11) is 0. The van der Waals surface area contributed by atoms with Crippen LogP contribution in [0.3, 0.4) is 0 Å². The van der Waals surface area contributed by atoms with Gasteiger partial charge < -0.3 is 9.67 Å². The molecular weight excluding hydrogens is 248 g/mol. The van der Waals surface area contributed by atoms with Crippen LogP contribution in [0.4, 0.5) is 0 Å². The van der Waals surface area contributed by atoms with Crippen molar-refractivity contribution >= 4 is 10.9 Å².